The summed E-state index contributed by atoms with van der Waals surface area (Å²) in [4.78, 5) is 3.31. The van der Waals surface area contributed by atoms with E-state index in [0.29, 0.717) is 0 Å². The molecule has 78 valence electrons. The first-order chi connectivity index (χ1) is 6.25. The molecule has 1 rings (SSSR count). The molecule has 0 aromatic carbocycles. The van der Waals surface area contributed by atoms with Crippen LogP contribution < -0.4 is 5.73 Å². The molecule has 14 heavy (non-hydrogen) atoms. The molecule has 1 atom stereocenters. The van der Waals surface area contributed by atoms with E-state index < -0.39 is 23.1 Å². The Balaban J connectivity index is 3.16. The van der Waals surface area contributed by atoms with Crippen LogP contribution in [-0.4, -0.2) is 11.2 Å². The summed E-state index contributed by atoms with van der Waals surface area (Å²) in [5.41, 5.74) is 2.07. The van der Waals surface area contributed by atoms with Gasteiger partial charge in [0, 0.05) is 11.8 Å². The third kappa shape index (κ3) is 1.84. The van der Waals surface area contributed by atoms with E-state index in [-0.39, 0.29) is 0 Å². The van der Waals surface area contributed by atoms with Crippen LogP contribution in [0.5, 0.6) is 0 Å². The zero-order valence-corrected chi connectivity index (χ0v) is 7.27. The number of hydrogen-bond donors (Lipinski definition) is 1. The number of aromatic nitrogens is 1. The monoisotopic (exact) mass is 208 g/mol. The average Bonchev–Trinajstić information content (AvgIpc) is 2.02. The smallest absolute Gasteiger partial charge is 0.314 e. The van der Waals surface area contributed by atoms with Crippen molar-refractivity contribution in [1.82, 2.24) is 4.98 Å². The maximum Gasteiger partial charge on any atom is 0.410 e. The molecule has 1 aromatic heterocycles. The Morgan fingerprint density at radius 1 is 1.29 bits per heavy atom. The third-order valence-corrected chi connectivity index (χ3v) is 1.89. The lowest BCUT2D eigenvalue weighted by molar-refractivity contribution is -0.184. The highest BCUT2D eigenvalue weighted by atomic mass is 19.4. The molecular weight excluding hydrogens is 200 g/mol. The Labute approximate surface area is 77.7 Å². The number of hydrogen-bond acceptors (Lipinski definition) is 2. The maximum absolute atomic E-state index is 12.6. The van der Waals surface area contributed by atoms with Crippen molar-refractivity contribution in [3.63, 3.8) is 0 Å². The van der Waals surface area contributed by atoms with Crippen LogP contribution >= 0.6 is 0 Å². The van der Waals surface area contributed by atoms with Crippen molar-refractivity contribution in [3.8, 4) is 0 Å². The summed E-state index contributed by atoms with van der Waals surface area (Å²) in [6.07, 6.45) is -2.92. The number of nitrogens with zero attached hydrogens (tertiary/aromatic N) is 1. The van der Waals surface area contributed by atoms with Gasteiger partial charge in [-0.15, -0.1) is 0 Å². The minimum absolute atomic E-state index is 0.398. The van der Waals surface area contributed by atoms with Crippen molar-refractivity contribution < 1.29 is 17.6 Å². The summed E-state index contributed by atoms with van der Waals surface area (Å²) in [5, 5.41) is 0. The lowest BCUT2D eigenvalue weighted by atomic mass is 9.94. The fourth-order valence-electron chi connectivity index (χ4n) is 0.860. The van der Waals surface area contributed by atoms with Gasteiger partial charge in [0.2, 0.25) is 0 Å². The van der Waals surface area contributed by atoms with Crippen molar-refractivity contribution in [3.05, 3.63) is 29.8 Å². The second-order valence-corrected chi connectivity index (χ2v) is 3.09. The predicted octanol–water partition coefficient (Wildman–Crippen LogP) is 1.96. The molecule has 0 aliphatic rings. The maximum atomic E-state index is 12.6. The van der Waals surface area contributed by atoms with Crippen LogP contribution in [0.2, 0.25) is 0 Å². The summed E-state index contributed by atoms with van der Waals surface area (Å²) in [7, 11) is 0. The van der Waals surface area contributed by atoms with E-state index in [4.69, 9.17) is 5.73 Å². The number of rotatable bonds is 1. The second-order valence-electron chi connectivity index (χ2n) is 3.09. The van der Waals surface area contributed by atoms with Crippen LogP contribution in [0.25, 0.3) is 0 Å². The van der Waals surface area contributed by atoms with Crippen LogP contribution in [0.1, 0.15) is 12.5 Å². The van der Waals surface area contributed by atoms with E-state index in [0.717, 1.165) is 25.4 Å². The van der Waals surface area contributed by atoms with Gasteiger partial charge in [0.15, 0.2) is 0 Å². The normalized spacial score (nSPS) is 16.4. The zero-order chi connectivity index (χ0) is 11.0. The molecule has 6 heteroatoms. The van der Waals surface area contributed by atoms with E-state index in [1.54, 1.807) is 0 Å². The molecule has 0 fully saturated rings. The minimum Gasteiger partial charge on any atom is -0.314 e. The fourth-order valence-corrected chi connectivity index (χ4v) is 0.860. The predicted molar refractivity (Wildman–Crippen MR) is 41.8 cm³/mol. The van der Waals surface area contributed by atoms with Crippen LogP contribution in [0.4, 0.5) is 17.6 Å². The highest BCUT2D eigenvalue weighted by molar-refractivity contribution is 5.21. The molecule has 0 spiro atoms. The molecule has 1 aromatic rings. The summed E-state index contributed by atoms with van der Waals surface area (Å²) in [5.74, 6) is -0.844. The first-order valence-electron chi connectivity index (χ1n) is 3.72. The van der Waals surface area contributed by atoms with Crippen molar-refractivity contribution in [2.45, 2.75) is 18.6 Å². The number of pyridine rings is 1. The van der Waals surface area contributed by atoms with E-state index in [1.165, 1.54) is 0 Å². The first kappa shape index (κ1) is 10.9. The van der Waals surface area contributed by atoms with Gasteiger partial charge >= 0.3 is 6.18 Å². The molecule has 1 unspecified atom stereocenters. The molecule has 0 aliphatic carbocycles. The van der Waals surface area contributed by atoms with Gasteiger partial charge < -0.3 is 5.73 Å². The topological polar surface area (TPSA) is 38.9 Å². The molecule has 0 saturated heterocycles. The van der Waals surface area contributed by atoms with Crippen LogP contribution in [-0.2, 0) is 5.54 Å². The summed E-state index contributed by atoms with van der Waals surface area (Å²) in [6, 6.07) is 0.723. The van der Waals surface area contributed by atoms with Crippen molar-refractivity contribution in [1.29, 1.82) is 0 Å². The third-order valence-electron chi connectivity index (χ3n) is 1.89. The van der Waals surface area contributed by atoms with Gasteiger partial charge in [-0.05, 0) is 13.0 Å². The van der Waals surface area contributed by atoms with Crippen LogP contribution in [0, 0.1) is 5.82 Å². The molecule has 0 saturated carbocycles. The molecule has 1 heterocycles. The highest BCUT2D eigenvalue weighted by Gasteiger charge is 2.49. The Kier molecular flexibility index (Phi) is 2.49. The van der Waals surface area contributed by atoms with E-state index in [1.807, 2.05) is 0 Å². The largest absolute Gasteiger partial charge is 0.410 e. The first-order valence-corrected chi connectivity index (χ1v) is 3.72. The van der Waals surface area contributed by atoms with Crippen LogP contribution in [0.3, 0.4) is 0 Å². The van der Waals surface area contributed by atoms with Gasteiger partial charge in [-0.2, -0.15) is 13.2 Å². The highest BCUT2D eigenvalue weighted by Crippen LogP contribution is 2.35. The van der Waals surface area contributed by atoms with Gasteiger partial charge in [-0.25, -0.2) is 4.39 Å². The van der Waals surface area contributed by atoms with Crippen LogP contribution in [0.15, 0.2) is 18.5 Å². The quantitative estimate of drug-likeness (QED) is 0.716. The summed E-state index contributed by atoms with van der Waals surface area (Å²) < 4.78 is 49.7. The Morgan fingerprint density at radius 3 is 2.29 bits per heavy atom. The molecule has 0 amide bonds. The van der Waals surface area contributed by atoms with Crippen molar-refractivity contribution >= 4 is 0 Å². The SMILES string of the molecule is CC(N)(c1cncc(F)c1)C(F)(F)F. The number of halogens is 4. The van der Waals surface area contributed by atoms with E-state index >= 15 is 0 Å². The molecule has 0 aliphatic heterocycles. The van der Waals surface area contributed by atoms with E-state index in [2.05, 4.69) is 4.98 Å². The van der Waals surface area contributed by atoms with Crippen molar-refractivity contribution in [2.75, 3.05) is 0 Å². The molecular formula is C8H8F4N2. The van der Waals surface area contributed by atoms with Gasteiger partial charge in [-0.3, -0.25) is 4.98 Å². The standard InChI is InChI=1S/C8H8F4N2/c1-7(13,8(10,11)12)5-2-6(9)4-14-3-5/h2-4H,13H2,1H3. The van der Waals surface area contributed by atoms with Gasteiger partial charge in [0.1, 0.15) is 11.4 Å². The molecule has 0 bridgehead atoms. The zero-order valence-electron chi connectivity index (χ0n) is 7.27. The van der Waals surface area contributed by atoms with Gasteiger partial charge in [-0.1, -0.05) is 0 Å². The van der Waals surface area contributed by atoms with Gasteiger partial charge in [0.05, 0.1) is 6.20 Å². The molecule has 0 radical (unpaired) electrons. The van der Waals surface area contributed by atoms with E-state index in [9.17, 15) is 17.6 Å². The fraction of sp³-hybridized carbons (Fsp3) is 0.375. The van der Waals surface area contributed by atoms with Crippen molar-refractivity contribution in [2.24, 2.45) is 5.73 Å². The Hall–Kier alpha value is -1.17. The Bertz CT molecular complexity index is 332. The second kappa shape index (κ2) is 3.20. The number of alkyl halides is 3. The lowest BCUT2D eigenvalue weighted by Crippen LogP contribution is -2.47. The summed E-state index contributed by atoms with van der Waals surface area (Å²) in [6.45, 7) is 0.767. The number of nitrogens with two attached hydrogens (primary N) is 1. The summed E-state index contributed by atoms with van der Waals surface area (Å²) >= 11 is 0. The molecule has 2 nitrogen and oxygen atoms in total. The lowest BCUT2D eigenvalue weighted by Gasteiger charge is -2.27. The van der Waals surface area contributed by atoms with Gasteiger partial charge in [0.25, 0.3) is 0 Å². The molecule has 2 N–H and O–H groups in total. The minimum atomic E-state index is -4.64. The average molecular weight is 208 g/mol. The Morgan fingerprint density at radius 2 is 1.86 bits per heavy atom.